The van der Waals surface area contributed by atoms with Gasteiger partial charge in [0.1, 0.15) is 11.6 Å². The average Bonchev–Trinajstić information content (AvgIpc) is 2.43. The molecule has 0 saturated carbocycles. The van der Waals surface area contributed by atoms with Gasteiger partial charge in [0, 0.05) is 11.8 Å². The van der Waals surface area contributed by atoms with Crippen LogP contribution in [0, 0.1) is 0 Å². The molecule has 4 nitrogen and oxygen atoms in total. The lowest BCUT2D eigenvalue weighted by Crippen LogP contribution is -2.66. The van der Waals surface area contributed by atoms with Gasteiger partial charge in [0.25, 0.3) is 0 Å². The van der Waals surface area contributed by atoms with Crippen LogP contribution in [0.2, 0.25) is 0 Å². The number of rotatable bonds is 4. The molecule has 2 atom stereocenters. The molecular formula is C16H22N2O2S. The van der Waals surface area contributed by atoms with Gasteiger partial charge in [-0.05, 0) is 32.6 Å². The minimum Gasteiger partial charge on any atom is -0.340 e. The second-order valence-electron chi connectivity index (χ2n) is 5.94. The first kappa shape index (κ1) is 15.9. The van der Waals surface area contributed by atoms with E-state index in [9.17, 15) is 9.59 Å². The Bertz CT molecular complexity index is 530. The van der Waals surface area contributed by atoms with Gasteiger partial charge in [0.15, 0.2) is 0 Å². The number of carbonyl (C=O) groups excluding carboxylic acids is 2. The van der Waals surface area contributed by atoms with E-state index in [1.165, 1.54) is 0 Å². The highest BCUT2D eigenvalue weighted by molar-refractivity contribution is 7.98. The molecule has 1 saturated heterocycles. The highest BCUT2D eigenvalue weighted by atomic mass is 32.2. The van der Waals surface area contributed by atoms with E-state index in [0.717, 1.165) is 11.3 Å². The molecule has 2 unspecified atom stereocenters. The second kappa shape index (κ2) is 6.10. The zero-order valence-corrected chi connectivity index (χ0v) is 13.7. The van der Waals surface area contributed by atoms with Gasteiger partial charge >= 0.3 is 0 Å². The molecule has 114 valence electrons. The molecule has 5 heteroatoms. The van der Waals surface area contributed by atoms with Crippen LogP contribution in [0.1, 0.15) is 32.4 Å². The van der Waals surface area contributed by atoms with Crippen molar-refractivity contribution in [2.75, 3.05) is 12.0 Å². The maximum absolute atomic E-state index is 12.8. The number of nitrogens with zero attached hydrogens (tertiary/aromatic N) is 1. The molecule has 1 N–H and O–H groups in total. The number of hydrogen-bond donors (Lipinski definition) is 1. The predicted octanol–water partition coefficient (Wildman–Crippen LogP) is 2.22. The van der Waals surface area contributed by atoms with Crippen LogP contribution in [0.3, 0.4) is 0 Å². The van der Waals surface area contributed by atoms with Crippen molar-refractivity contribution in [2.24, 2.45) is 0 Å². The standard InChI is InChI=1S/C16H22N2O2S/c1-11(10-21-4)18-13(12-8-6-5-7-9-12)14(19)17-16(2,3)15(18)20/h5-9,11,13H,10H2,1-4H3,(H,17,19). The van der Waals surface area contributed by atoms with Crippen LogP contribution in [0.5, 0.6) is 0 Å². The highest BCUT2D eigenvalue weighted by Crippen LogP contribution is 2.31. The van der Waals surface area contributed by atoms with Gasteiger partial charge in [-0.3, -0.25) is 9.59 Å². The maximum atomic E-state index is 12.8. The Morgan fingerprint density at radius 3 is 2.48 bits per heavy atom. The lowest BCUT2D eigenvalue weighted by Gasteiger charge is -2.45. The van der Waals surface area contributed by atoms with Crippen LogP contribution in [-0.4, -0.2) is 40.3 Å². The average molecular weight is 306 g/mol. The molecule has 1 heterocycles. The van der Waals surface area contributed by atoms with Gasteiger partial charge in [-0.1, -0.05) is 30.3 Å². The molecule has 21 heavy (non-hydrogen) atoms. The van der Waals surface area contributed by atoms with Gasteiger partial charge in [0.05, 0.1) is 0 Å². The van der Waals surface area contributed by atoms with Crippen molar-refractivity contribution in [3.8, 4) is 0 Å². The number of piperazine rings is 1. The van der Waals surface area contributed by atoms with Gasteiger partial charge < -0.3 is 10.2 Å². The van der Waals surface area contributed by atoms with E-state index in [-0.39, 0.29) is 17.9 Å². The first-order chi connectivity index (χ1) is 9.88. The van der Waals surface area contributed by atoms with Gasteiger partial charge in [0.2, 0.25) is 11.8 Å². The molecule has 2 rings (SSSR count). The fourth-order valence-electron chi connectivity index (χ4n) is 2.72. The Morgan fingerprint density at radius 2 is 1.90 bits per heavy atom. The Hall–Kier alpha value is -1.49. The van der Waals surface area contributed by atoms with E-state index in [1.54, 1.807) is 30.5 Å². The minimum absolute atomic E-state index is 0.00281. The SMILES string of the molecule is CSCC(C)N1C(=O)C(C)(C)NC(=O)C1c1ccccc1. The third-order valence-corrected chi connectivity index (χ3v) is 4.55. The largest absolute Gasteiger partial charge is 0.340 e. The summed E-state index contributed by atoms with van der Waals surface area (Å²) in [6.45, 7) is 5.51. The molecule has 0 aromatic heterocycles. The molecule has 2 amide bonds. The first-order valence-corrected chi connectivity index (χ1v) is 8.46. The minimum atomic E-state index is -0.852. The quantitative estimate of drug-likeness (QED) is 0.928. The van der Waals surface area contributed by atoms with Crippen molar-refractivity contribution in [3.05, 3.63) is 35.9 Å². The van der Waals surface area contributed by atoms with Crippen LogP contribution in [-0.2, 0) is 9.59 Å². The number of benzene rings is 1. The summed E-state index contributed by atoms with van der Waals surface area (Å²) in [5.41, 5.74) is 0.00137. The van der Waals surface area contributed by atoms with E-state index in [4.69, 9.17) is 0 Å². The number of amides is 2. The van der Waals surface area contributed by atoms with Crippen LogP contribution < -0.4 is 5.32 Å². The highest BCUT2D eigenvalue weighted by Gasteiger charge is 2.47. The van der Waals surface area contributed by atoms with Crippen molar-refractivity contribution in [1.82, 2.24) is 10.2 Å². The van der Waals surface area contributed by atoms with E-state index in [2.05, 4.69) is 5.32 Å². The summed E-state index contributed by atoms with van der Waals surface area (Å²) in [5.74, 6) is 0.662. The summed E-state index contributed by atoms with van der Waals surface area (Å²) in [6, 6.07) is 8.95. The molecule has 1 aliphatic rings. The Labute approximate surface area is 130 Å². The van der Waals surface area contributed by atoms with Crippen molar-refractivity contribution < 1.29 is 9.59 Å². The van der Waals surface area contributed by atoms with Crippen LogP contribution >= 0.6 is 11.8 Å². The van der Waals surface area contributed by atoms with Crippen molar-refractivity contribution in [1.29, 1.82) is 0 Å². The Morgan fingerprint density at radius 1 is 1.29 bits per heavy atom. The maximum Gasteiger partial charge on any atom is 0.248 e. The normalized spacial score (nSPS) is 22.9. The molecule has 1 aliphatic heterocycles. The summed E-state index contributed by atoms with van der Waals surface area (Å²) in [5, 5.41) is 2.84. The number of carbonyl (C=O) groups is 2. The summed E-state index contributed by atoms with van der Waals surface area (Å²) >= 11 is 1.68. The number of hydrogen-bond acceptors (Lipinski definition) is 3. The third-order valence-electron chi connectivity index (χ3n) is 3.73. The van der Waals surface area contributed by atoms with Gasteiger partial charge in [-0.15, -0.1) is 0 Å². The molecule has 1 fully saturated rings. The lowest BCUT2D eigenvalue weighted by molar-refractivity contribution is -0.155. The van der Waals surface area contributed by atoms with E-state index in [1.807, 2.05) is 43.5 Å². The van der Waals surface area contributed by atoms with E-state index < -0.39 is 11.6 Å². The topological polar surface area (TPSA) is 49.4 Å². The molecule has 0 aliphatic carbocycles. The van der Waals surface area contributed by atoms with Crippen molar-refractivity contribution >= 4 is 23.6 Å². The smallest absolute Gasteiger partial charge is 0.248 e. The second-order valence-corrected chi connectivity index (χ2v) is 6.85. The van der Waals surface area contributed by atoms with Crippen molar-refractivity contribution in [3.63, 3.8) is 0 Å². The number of nitrogens with one attached hydrogen (secondary N) is 1. The zero-order chi connectivity index (χ0) is 15.6. The Balaban J connectivity index is 2.44. The monoisotopic (exact) mass is 306 g/mol. The molecular weight excluding hydrogens is 284 g/mol. The molecule has 0 spiro atoms. The first-order valence-electron chi connectivity index (χ1n) is 7.07. The van der Waals surface area contributed by atoms with E-state index in [0.29, 0.717) is 0 Å². The third kappa shape index (κ3) is 3.07. The summed E-state index contributed by atoms with van der Waals surface area (Å²) in [4.78, 5) is 27.1. The molecule has 0 radical (unpaired) electrons. The van der Waals surface area contributed by atoms with Gasteiger partial charge in [-0.2, -0.15) is 11.8 Å². The van der Waals surface area contributed by atoms with Crippen molar-refractivity contribution in [2.45, 2.75) is 38.4 Å². The fraction of sp³-hybridized carbons (Fsp3) is 0.500. The van der Waals surface area contributed by atoms with Gasteiger partial charge in [-0.25, -0.2) is 0 Å². The molecule has 1 aromatic carbocycles. The number of thioether (sulfide) groups is 1. The summed E-state index contributed by atoms with van der Waals surface area (Å²) in [6.07, 6.45) is 2.01. The van der Waals surface area contributed by atoms with Crippen LogP contribution in [0.15, 0.2) is 30.3 Å². The zero-order valence-electron chi connectivity index (χ0n) is 12.9. The fourth-order valence-corrected chi connectivity index (χ4v) is 3.36. The lowest BCUT2D eigenvalue weighted by atomic mass is 9.92. The van der Waals surface area contributed by atoms with E-state index >= 15 is 0 Å². The Kier molecular flexibility index (Phi) is 4.61. The van der Waals surface area contributed by atoms with Crippen LogP contribution in [0.4, 0.5) is 0 Å². The predicted molar refractivity (Wildman–Crippen MR) is 86.1 cm³/mol. The molecule has 0 bridgehead atoms. The summed E-state index contributed by atoms with van der Waals surface area (Å²) in [7, 11) is 0. The molecule has 1 aromatic rings. The van der Waals surface area contributed by atoms with Crippen LogP contribution in [0.25, 0.3) is 0 Å². The summed E-state index contributed by atoms with van der Waals surface area (Å²) < 4.78 is 0.